The standard InChI is InChI=1S/C13H11FN2O2/c14-12-7-6-10(8-15-12)16-13(17)9-18-11-4-2-1-3-5-11/h1-8H,9H2,(H,16,17). The molecule has 1 heterocycles. The Kier molecular flexibility index (Phi) is 3.86. The lowest BCUT2D eigenvalue weighted by molar-refractivity contribution is -0.118. The van der Waals surface area contributed by atoms with E-state index in [1.54, 1.807) is 12.1 Å². The van der Waals surface area contributed by atoms with Crippen LogP contribution in [0.1, 0.15) is 0 Å². The third kappa shape index (κ3) is 3.55. The molecule has 0 aliphatic heterocycles. The van der Waals surface area contributed by atoms with E-state index in [9.17, 15) is 9.18 Å². The van der Waals surface area contributed by atoms with Crippen molar-refractivity contribution in [1.29, 1.82) is 0 Å². The van der Waals surface area contributed by atoms with Gasteiger partial charge in [-0.3, -0.25) is 4.79 Å². The lowest BCUT2D eigenvalue weighted by Crippen LogP contribution is -2.20. The molecule has 0 atom stereocenters. The second-order valence-corrected chi connectivity index (χ2v) is 3.52. The zero-order valence-electron chi connectivity index (χ0n) is 9.47. The summed E-state index contributed by atoms with van der Waals surface area (Å²) in [5.41, 5.74) is 0.429. The SMILES string of the molecule is O=C(COc1ccccc1)Nc1ccc(F)nc1. The van der Waals surface area contributed by atoms with Gasteiger partial charge in [0.2, 0.25) is 5.95 Å². The van der Waals surface area contributed by atoms with Crippen molar-refractivity contribution in [2.24, 2.45) is 0 Å². The Balaban J connectivity index is 1.84. The molecule has 0 radical (unpaired) electrons. The summed E-state index contributed by atoms with van der Waals surface area (Å²) >= 11 is 0. The van der Waals surface area contributed by atoms with Crippen LogP contribution in [0, 0.1) is 5.95 Å². The minimum absolute atomic E-state index is 0.110. The number of para-hydroxylation sites is 1. The van der Waals surface area contributed by atoms with E-state index < -0.39 is 5.95 Å². The molecule has 4 nitrogen and oxygen atoms in total. The maximum Gasteiger partial charge on any atom is 0.262 e. The van der Waals surface area contributed by atoms with Gasteiger partial charge in [0.15, 0.2) is 6.61 Å². The Morgan fingerprint density at radius 2 is 2.00 bits per heavy atom. The number of hydrogen-bond donors (Lipinski definition) is 1. The molecule has 1 aromatic heterocycles. The van der Waals surface area contributed by atoms with Crippen molar-refractivity contribution < 1.29 is 13.9 Å². The number of benzene rings is 1. The van der Waals surface area contributed by atoms with Crippen LogP contribution >= 0.6 is 0 Å². The monoisotopic (exact) mass is 246 g/mol. The molecule has 0 saturated carbocycles. The van der Waals surface area contributed by atoms with Gasteiger partial charge in [-0.2, -0.15) is 4.39 Å². The first-order chi connectivity index (χ1) is 8.74. The first kappa shape index (κ1) is 12.0. The molecule has 0 fully saturated rings. The van der Waals surface area contributed by atoms with E-state index in [1.165, 1.54) is 18.3 Å². The van der Waals surface area contributed by atoms with Gasteiger partial charge in [0.1, 0.15) is 5.75 Å². The number of rotatable bonds is 4. The molecule has 0 aliphatic carbocycles. The summed E-state index contributed by atoms with van der Waals surface area (Å²) < 4.78 is 17.8. The molecule has 0 aliphatic rings. The van der Waals surface area contributed by atoms with Gasteiger partial charge in [-0.1, -0.05) is 18.2 Å². The number of nitrogens with one attached hydrogen (secondary N) is 1. The van der Waals surface area contributed by atoms with Gasteiger partial charge in [0.05, 0.1) is 11.9 Å². The largest absolute Gasteiger partial charge is 0.484 e. The van der Waals surface area contributed by atoms with Crippen LogP contribution in [0.3, 0.4) is 0 Å². The van der Waals surface area contributed by atoms with E-state index in [2.05, 4.69) is 10.3 Å². The van der Waals surface area contributed by atoms with Gasteiger partial charge in [-0.05, 0) is 24.3 Å². The molecule has 0 unspecified atom stereocenters. The van der Waals surface area contributed by atoms with Crippen LogP contribution in [0.5, 0.6) is 5.75 Å². The van der Waals surface area contributed by atoms with E-state index in [0.717, 1.165) is 0 Å². The Labute approximate surface area is 103 Å². The van der Waals surface area contributed by atoms with Crippen molar-refractivity contribution in [3.8, 4) is 5.75 Å². The van der Waals surface area contributed by atoms with E-state index in [1.807, 2.05) is 18.2 Å². The van der Waals surface area contributed by atoms with E-state index >= 15 is 0 Å². The molecule has 0 bridgehead atoms. The van der Waals surface area contributed by atoms with Crippen LogP contribution in [-0.4, -0.2) is 17.5 Å². The molecule has 2 aromatic rings. The van der Waals surface area contributed by atoms with Crippen molar-refractivity contribution in [2.45, 2.75) is 0 Å². The lowest BCUT2D eigenvalue weighted by Gasteiger charge is -2.06. The molecule has 92 valence electrons. The molecule has 0 spiro atoms. The molecule has 18 heavy (non-hydrogen) atoms. The van der Waals surface area contributed by atoms with Gasteiger partial charge in [-0.15, -0.1) is 0 Å². The number of aromatic nitrogens is 1. The molecule has 1 N–H and O–H groups in total. The van der Waals surface area contributed by atoms with Crippen molar-refractivity contribution >= 4 is 11.6 Å². The van der Waals surface area contributed by atoms with E-state index in [4.69, 9.17) is 4.74 Å². The average Bonchev–Trinajstić information content (AvgIpc) is 2.40. The van der Waals surface area contributed by atoms with Crippen LogP contribution in [0.25, 0.3) is 0 Å². The number of amides is 1. The maximum absolute atomic E-state index is 12.5. The highest BCUT2D eigenvalue weighted by atomic mass is 19.1. The number of carbonyl (C=O) groups is 1. The number of halogens is 1. The predicted molar refractivity (Wildman–Crippen MR) is 64.8 cm³/mol. The Morgan fingerprint density at radius 1 is 1.22 bits per heavy atom. The lowest BCUT2D eigenvalue weighted by atomic mass is 10.3. The summed E-state index contributed by atoms with van der Waals surface area (Å²) in [7, 11) is 0. The Bertz CT molecular complexity index is 514. The fraction of sp³-hybridized carbons (Fsp3) is 0.0769. The highest BCUT2D eigenvalue weighted by molar-refractivity contribution is 5.91. The molecular formula is C13H11FN2O2. The number of ether oxygens (including phenoxy) is 1. The summed E-state index contributed by atoms with van der Waals surface area (Å²) in [4.78, 5) is 14.9. The first-order valence-electron chi connectivity index (χ1n) is 5.33. The maximum atomic E-state index is 12.5. The number of hydrogen-bond acceptors (Lipinski definition) is 3. The van der Waals surface area contributed by atoms with Crippen molar-refractivity contribution in [3.63, 3.8) is 0 Å². The van der Waals surface area contributed by atoms with Crippen LogP contribution in [0.4, 0.5) is 10.1 Å². The number of nitrogens with zero attached hydrogens (tertiary/aromatic N) is 1. The number of carbonyl (C=O) groups excluding carboxylic acids is 1. The molecule has 1 aromatic carbocycles. The van der Waals surface area contributed by atoms with Gasteiger partial charge in [0.25, 0.3) is 5.91 Å². The quantitative estimate of drug-likeness (QED) is 0.842. The zero-order chi connectivity index (χ0) is 12.8. The van der Waals surface area contributed by atoms with Crippen LogP contribution in [-0.2, 0) is 4.79 Å². The third-order valence-corrected chi connectivity index (χ3v) is 2.12. The van der Waals surface area contributed by atoms with Gasteiger partial charge in [-0.25, -0.2) is 4.98 Å². The Hall–Kier alpha value is -2.43. The number of pyridine rings is 1. The minimum atomic E-state index is -0.589. The molecule has 0 saturated heterocycles. The minimum Gasteiger partial charge on any atom is -0.484 e. The topological polar surface area (TPSA) is 51.2 Å². The zero-order valence-corrected chi connectivity index (χ0v) is 9.47. The summed E-state index contributed by atoms with van der Waals surface area (Å²) in [6.45, 7) is -0.110. The van der Waals surface area contributed by atoms with Crippen molar-refractivity contribution in [1.82, 2.24) is 4.98 Å². The summed E-state index contributed by atoms with van der Waals surface area (Å²) in [6.07, 6.45) is 1.25. The Morgan fingerprint density at radius 3 is 2.67 bits per heavy atom. The summed E-state index contributed by atoms with van der Waals surface area (Å²) in [5.74, 6) is -0.300. The average molecular weight is 246 g/mol. The fourth-order valence-electron chi connectivity index (χ4n) is 1.31. The van der Waals surface area contributed by atoms with Gasteiger partial charge < -0.3 is 10.1 Å². The second-order valence-electron chi connectivity index (χ2n) is 3.52. The fourth-order valence-corrected chi connectivity index (χ4v) is 1.31. The highest BCUT2D eigenvalue weighted by Crippen LogP contribution is 2.09. The van der Waals surface area contributed by atoms with E-state index in [-0.39, 0.29) is 12.5 Å². The predicted octanol–water partition coefficient (Wildman–Crippen LogP) is 2.24. The second kappa shape index (κ2) is 5.77. The summed E-state index contributed by atoms with van der Waals surface area (Å²) in [5, 5.41) is 2.55. The van der Waals surface area contributed by atoms with Crippen LogP contribution in [0.15, 0.2) is 48.7 Å². The van der Waals surface area contributed by atoms with Crippen LogP contribution < -0.4 is 10.1 Å². The van der Waals surface area contributed by atoms with E-state index in [0.29, 0.717) is 11.4 Å². The van der Waals surface area contributed by atoms with Crippen molar-refractivity contribution in [2.75, 3.05) is 11.9 Å². The van der Waals surface area contributed by atoms with Crippen LogP contribution in [0.2, 0.25) is 0 Å². The molecule has 5 heteroatoms. The van der Waals surface area contributed by atoms with Gasteiger partial charge >= 0.3 is 0 Å². The smallest absolute Gasteiger partial charge is 0.262 e. The molecule has 1 amide bonds. The molecule has 2 rings (SSSR count). The highest BCUT2D eigenvalue weighted by Gasteiger charge is 2.03. The first-order valence-corrected chi connectivity index (χ1v) is 5.33. The molecular weight excluding hydrogens is 235 g/mol. The van der Waals surface area contributed by atoms with Crippen molar-refractivity contribution in [3.05, 3.63) is 54.6 Å². The number of anilines is 1. The third-order valence-electron chi connectivity index (χ3n) is 2.12. The normalized spacial score (nSPS) is 9.83. The van der Waals surface area contributed by atoms with Gasteiger partial charge in [0, 0.05) is 0 Å². The summed E-state index contributed by atoms with van der Waals surface area (Å²) in [6, 6.07) is 11.6.